The number of carbonyl (C=O) groups is 2. The summed E-state index contributed by atoms with van der Waals surface area (Å²) >= 11 is 0. The molecule has 1 fully saturated rings. The summed E-state index contributed by atoms with van der Waals surface area (Å²) in [4.78, 5) is 24.7. The van der Waals surface area contributed by atoms with Crippen LogP contribution in [0.2, 0.25) is 0 Å². The molecule has 1 heterocycles. The molecule has 32 heavy (non-hydrogen) atoms. The van der Waals surface area contributed by atoms with Crippen LogP contribution in [0, 0.1) is 5.92 Å². The molecule has 6 heteroatoms. The van der Waals surface area contributed by atoms with Crippen molar-refractivity contribution in [2.75, 3.05) is 19.8 Å². The Labute approximate surface area is 189 Å². The highest BCUT2D eigenvalue weighted by Gasteiger charge is 2.42. The Morgan fingerprint density at radius 2 is 1.78 bits per heavy atom. The van der Waals surface area contributed by atoms with Crippen LogP contribution in [0.3, 0.4) is 0 Å². The molecule has 3 rings (SSSR count). The minimum Gasteiger partial charge on any atom is -0.494 e. The van der Waals surface area contributed by atoms with E-state index in [2.05, 4.69) is 19.2 Å². The van der Waals surface area contributed by atoms with Gasteiger partial charge in [0.2, 0.25) is 5.91 Å². The third kappa shape index (κ3) is 5.68. The lowest BCUT2D eigenvalue weighted by atomic mass is 9.73. The Hall–Kier alpha value is -2.86. The minimum absolute atomic E-state index is 0.0464. The lowest BCUT2D eigenvalue weighted by Gasteiger charge is -2.37. The van der Waals surface area contributed by atoms with Crippen LogP contribution in [0.15, 0.2) is 48.5 Å². The average molecular weight is 440 g/mol. The number of rotatable bonds is 9. The van der Waals surface area contributed by atoms with Crippen molar-refractivity contribution < 1.29 is 24.2 Å². The quantitative estimate of drug-likeness (QED) is 0.590. The predicted octanol–water partition coefficient (Wildman–Crippen LogP) is 4.74. The Kier molecular flexibility index (Phi) is 7.91. The SMILES string of the molecule is CC(C)CCOc1cccc(C2(C(=O)NC(C)c3ccc(C(=O)O)cc3)CCOCC2)c1. The summed E-state index contributed by atoms with van der Waals surface area (Å²) in [7, 11) is 0. The van der Waals surface area contributed by atoms with Crippen molar-refractivity contribution in [2.45, 2.75) is 51.5 Å². The summed E-state index contributed by atoms with van der Waals surface area (Å²) in [6.45, 7) is 7.93. The molecule has 6 nitrogen and oxygen atoms in total. The molecule has 1 saturated heterocycles. The summed E-state index contributed by atoms with van der Waals surface area (Å²) in [5.41, 5.74) is 1.33. The van der Waals surface area contributed by atoms with Crippen molar-refractivity contribution in [3.05, 3.63) is 65.2 Å². The smallest absolute Gasteiger partial charge is 0.335 e. The number of hydrogen-bond donors (Lipinski definition) is 2. The second-order valence-corrected chi connectivity index (χ2v) is 8.88. The molecular weight excluding hydrogens is 406 g/mol. The van der Waals surface area contributed by atoms with Gasteiger partial charge in [0.05, 0.1) is 23.6 Å². The summed E-state index contributed by atoms with van der Waals surface area (Å²) in [5.74, 6) is 0.329. The van der Waals surface area contributed by atoms with Crippen LogP contribution in [0.25, 0.3) is 0 Å². The Balaban J connectivity index is 1.79. The molecule has 2 aromatic carbocycles. The number of carboxylic acid groups (broad SMARTS) is 1. The number of ether oxygens (including phenoxy) is 2. The molecule has 0 spiro atoms. The van der Waals surface area contributed by atoms with Crippen LogP contribution in [-0.2, 0) is 14.9 Å². The van der Waals surface area contributed by atoms with Gasteiger partial charge in [-0.15, -0.1) is 0 Å². The average Bonchev–Trinajstić information content (AvgIpc) is 2.79. The molecule has 1 amide bonds. The number of carboxylic acids is 1. The largest absolute Gasteiger partial charge is 0.494 e. The van der Waals surface area contributed by atoms with Crippen LogP contribution in [-0.4, -0.2) is 36.8 Å². The molecule has 2 N–H and O–H groups in total. The van der Waals surface area contributed by atoms with Gasteiger partial charge in [0, 0.05) is 13.2 Å². The first-order valence-corrected chi connectivity index (χ1v) is 11.3. The molecule has 1 aliphatic heterocycles. The fraction of sp³-hybridized carbons (Fsp3) is 0.462. The second kappa shape index (κ2) is 10.6. The van der Waals surface area contributed by atoms with Gasteiger partial charge < -0.3 is 19.9 Å². The van der Waals surface area contributed by atoms with E-state index in [1.54, 1.807) is 24.3 Å². The van der Waals surface area contributed by atoms with E-state index in [0.29, 0.717) is 38.6 Å². The highest BCUT2D eigenvalue weighted by molar-refractivity contribution is 5.89. The number of aromatic carboxylic acids is 1. The molecule has 0 saturated carbocycles. The molecule has 1 aliphatic rings. The van der Waals surface area contributed by atoms with E-state index in [4.69, 9.17) is 14.6 Å². The molecule has 0 aliphatic carbocycles. The van der Waals surface area contributed by atoms with Crippen LogP contribution >= 0.6 is 0 Å². The van der Waals surface area contributed by atoms with E-state index in [-0.39, 0.29) is 17.5 Å². The standard InChI is InChI=1S/C26H33NO5/c1-18(2)11-14-32-23-6-4-5-22(17-23)26(12-15-31-16-13-26)25(30)27-19(3)20-7-9-21(10-8-20)24(28)29/h4-10,17-19H,11-16H2,1-3H3,(H,27,30)(H,28,29). The van der Waals surface area contributed by atoms with Crippen molar-refractivity contribution in [2.24, 2.45) is 5.92 Å². The van der Waals surface area contributed by atoms with Gasteiger partial charge in [-0.05, 0) is 67.5 Å². The molecule has 1 atom stereocenters. The van der Waals surface area contributed by atoms with E-state index in [1.807, 2.05) is 31.2 Å². The molecule has 0 radical (unpaired) electrons. The lowest BCUT2D eigenvalue weighted by Crippen LogP contribution is -2.48. The Morgan fingerprint density at radius 1 is 1.09 bits per heavy atom. The van der Waals surface area contributed by atoms with Gasteiger partial charge in [0.1, 0.15) is 5.75 Å². The molecular formula is C26H33NO5. The van der Waals surface area contributed by atoms with Crippen molar-refractivity contribution in [3.8, 4) is 5.75 Å². The first-order valence-electron chi connectivity index (χ1n) is 11.3. The first kappa shape index (κ1) is 23.8. The van der Waals surface area contributed by atoms with Gasteiger partial charge in [-0.1, -0.05) is 38.1 Å². The molecule has 172 valence electrons. The van der Waals surface area contributed by atoms with Crippen molar-refractivity contribution in [3.63, 3.8) is 0 Å². The van der Waals surface area contributed by atoms with E-state index in [0.717, 1.165) is 23.3 Å². The maximum absolute atomic E-state index is 13.6. The van der Waals surface area contributed by atoms with Crippen molar-refractivity contribution >= 4 is 11.9 Å². The maximum atomic E-state index is 13.6. The van der Waals surface area contributed by atoms with Gasteiger partial charge in [0.25, 0.3) is 0 Å². The Bertz CT molecular complexity index is 916. The monoisotopic (exact) mass is 439 g/mol. The molecule has 0 bridgehead atoms. The summed E-state index contributed by atoms with van der Waals surface area (Å²) in [5, 5.41) is 12.3. The zero-order valence-corrected chi connectivity index (χ0v) is 19.1. The summed E-state index contributed by atoms with van der Waals surface area (Å²) in [6, 6.07) is 14.2. The third-order valence-electron chi connectivity index (χ3n) is 6.14. The van der Waals surface area contributed by atoms with Gasteiger partial charge in [0.15, 0.2) is 0 Å². The Morgan fingerprint density at radius 3 is 2.41 bits per heavy atom. The molecule has 0 aromatic heterocycles. The van der Waals surface area contributed by atoms with E-state index in [1.165, 1.54) is 0 Å². The number of amides is 1. The van der Waals surface area contributed by atoms with Crippen LogP contribution < -0.4 is 10.1 Å². The van der Waals surface area contributed by atoms with E-state index >= 15 is 0 Å². The summed E-state index contributed by atoms with van der Waals surface area (Å²) < 4.78 is 11.5. The first-order chi connectivity index (χ1) is 15.3. The number of benzene rings is 2. The van der Waals surface area contributed by atoms with Crippen LogP contribution in [0.1, 0.15) is 67.6 Å². The zero-order chi connectivity index (χ0) is 23.1. The molecule has 1 unspecified atom stereocenters. The lowest BCUT2D eigenvalue weighted by molar-refractivity contribution is -0.131. The van der Waals surface area contributed by atoms with E-state index < -0.39 is 11.4 Å². The minimum atomic E-state index is -0.968. The third-order valence-corrected chi connectivity index (χ3v) is 6.14. The normalized spacial score (nSPS) is 16.4. The highest BCUT2D eigenvalue weighted by Crippen LogP contribution is 2.37. The van der Waals surface area contributed by atoms with E-state index in [9.17, 15) is 9.59 Å². The highest BCUT2D eigenvalue weighted by atomic mass is 16.5. The predicted molar refractivity (Wildman–Crippen MR) is 123 cm³/mol. The van der Waals surface area contributed by atoms with Gasteiger partial charge in [-0.2, -0.15) is 0 Å². The molecule has 2 aromatic rings. The van der Waals surface area contributed by atoms with Crippen LogP contribution in [0.5, 0.6) is 5.75 Å². The van der Waals surface area contributed by atoms with Gasteiger partial charge in [-0.3, -0.25) is 4.79 Å². The zero-order valence-electron chi connectivity index (χ0n) is 19.1. The summed E-state index contributed by atoms with van der Waals surface area (Å²) in [6.07, 6.45) is 2.17. The fourth-order valence-corrected chi connectivity index (χ4v) is 4.00. The number of hydrogen-bond acceptors (Lipinski definition) is 4. The van der Waals surface area contributed by atoms with Gasteiger partial charge >= 0.3 is 5.97 Å². The maximum Gasteiger partial charge on any atom is 0.335 e. The second-order valence-electron chi connectivity index (χ2n) is 8.88. The number of nitrogens with one attached hydrogen (secondary N) is 1. The topological polar surface area (TPSA) is 84.9 Å². The fourth-order valence-electron chi connectivity index (χ4n) is 4.00. The van der Waals surface area contributed by atoms with Crippen molar-refractivity contribution in [1.82, 2.24) is 5.32 Å². The number of carbonyl (C=O) groups excluding carboxylic acids is 1. The van der Waals surface area contributed by atoms with Crippen molar-refractivity contribution in [1.29, 1.82) is 0 Å². The van der Waals surface area contributed by atoms with Crippen LogP contribution in [0.4, 0.5) is 0 Å². The van der Waals surface area contributed by atoms with Gasteiger partial charge in [-0.25, -0.2) is 4.79 Å².